The molecule has 0 unspecified atom stereocenters. The summed E-state index contributed by atoms with van der Waals surface area (Å²) in [6.45, 7) is 4.74. The number of nitrogens with zero attached hydrogens (tertiary/aromatic N) is 2. The Morgan fingerprint density at radius 3 is 2.36 bits per heavy atom. The van der Waals surface area contributed by atoms with Crippen molar-refractivity contribution in [3.05, 3.63) is 0 Å². The fourth-order valence-corrected chi connectivity index (χ4v) is 3.91. The highest BCUT2D eigenvalue weighted by molar-refractivity contribution is 8.00. The SMILES string of the molecule is CC(=O)N1CCC2(CC1)SCCN2C. The second kappa shape index (κ2) is 3.74. The highest BCUT2D eigenvalue weighted by Crippen LogP contribution is 2.42. The summed E-state index contributed by atoms with van der Waals surface area (Å²) in [6.07, 6.45) is 2.27. The van der Waals surface area contributed by atoms with Gasteiger partial charge in [-0.05, 0) is 19.9 Å². The third-order valence-electron chi connectivity index (χ3n) is 3.48. The van der Waals surface area contributed by atoms with Gasteiger partial charge in [-0.15, -0.1) is 11.8 Å². The molecule has 0 radical (unpaired) electrons. The molecule has 4 heteroatoms. The first-order valence-corrected chi connectivity index (χ1v) is 6.23. The van der Waals surface area contributed by atoms with E-state index in [4.69, 9.17) is 0 Å². The van der Waals surface area contributed by atoms with E-state index in [9.17, 15) is 4.79 Å². The molecule has 0 aromatic rings. The number of rotatable bonds is 0. The zero-order valence-corrected chi connectivity index (χ0v) is 9.77. The first kappa shape index (κ1) is 10.3. The van der Waals surface area contributed by atoms with Gasteiger partial charge in [-0.3, -0.25) is 9.69 Å². The van der Waals surface area contributed by atoms with E-state index in [1.165, 1.54) is 12.3 Å². The van der Waals surface area contributed by atoms with Crippen molar-refractivity contribution >= 4 is 17.7 Å². The van der Waals surface area contributed by atoms with Gasteiger partial charge >= 0.3 is 0 Å². The minimum atomic E-state index is 0.227. The minimum absolute atomic E-state index is 0.227. The van der Waals surface area contributed by atoms with Crippen LogP contribution in [0, 0.1) is 0 Å². The van der Waals surface area contributed by atoms with Crippen LogP contribution < -0.4 is 0 Å². The normalized spacial score (nSPS) is 27.1. The van der Waals surface area contributed by atoms with E-state index in [1.807, 2.05) is 4.90 Å². The van der Waals surface area contributed by atoms with E-state index in [0.717, 1.165) is 25.9 Å². The van der Waals surface area contributed by atoms with Gasteiger partial charge < -0.3 is 4.90 Å². The first-order valence-electron chi connectivity index (χ1n) is 5.25. The summed E-state index contributed by atoms with van der Waals surface area (Å²) in [6, 6.07) is 0. The molecule has 0 N–H and O–H groups in total. The van der Waals surface area contributed by atoms with Gasteiger partial charge in [0.1, 0.15) is 0 Å². The number of hydrogen-bond acceptors (Lipinski definition) is 3. The van der Waals surface area contributed by atoms with Crippen molar-refractivity contribution < 1.29 is 4.79 Å². The molecule has 80 valence electrons. The van der Waals surface area contributed by atoms with E-state index >= 15 is 0 Å². The lowest BCUT2D eigenvalue weighted by atomic mass is 10.0. The Hall–Kier alpha value is -0.220. The van der Waals surface area contributed by atoms with Crippen LogP contribution in [-0.2, 0) is 4.79 Å². The van der Waals surface area contributed by atoms with Crippen molar-refractivity contribution in [3.63, 3.8) is 0 Å². The maximum absolute atomic E-state index is 11.2. The van der Waals surface area contributed by atoms with Crippen LogP contribution in [0.25, 0.3) is 0 Å². The Balaban J connectivity index is 1.98. The smallest absolute Gasteiger partial charge is 0.219 e. The second-order valence-corrected chi connectivity index (χ2v) is 5.68. The molecule has 2 fully saturated rings. The van der Waals surface area contributed by atoms with Crippen LogP contribution in [0.3, 0.4) is 0 Å². The van der Waals surface area contributed by atoms with Crippen LogP contribution in [0.15, 0.2) is 0 Å². The average molecular weight is 214 g/mol. The summed E-state index contributed by atoms with van der Waals surface area (Å²) in [5.41, 5.74) is 0. The predicted octanol–water partition coefficient (Wildman–Crippen LogP) is 1.00. The lowest BCUT2D eigenvalue weighted by Crippen LogP contribution is -2.50. The predicted molar refractivity (Wildman–Crippen MR) is 59.3 cm³/mol. The van der Waals surface area contributed by atoms with E-state index < -0.39 is 0 Å². The third kappa shape index (κ3) is 1.65. The largest absolute Gasteiger partial charge is 0.343 e. The molecule has 0 saturated carbocycles. The first-order chi connectivity index (χ1) is 6.64. The molecule has 2 rings (SSSR count). The highest BCUT2D eigenvalue weighted by atomic mass is 32.2. The van der Waals surface area contributed by atoms with Gasteiger partial charge in [-0.1, -0.05) is 0 Å². The number of thioether (sulfide) groups is 1. The van der Waals surface area contributed by atoms with Gasteiger partial charge in [0.2, 0.25) is 5.91 Å². The van der Waals surface area contributed by atoms with E-state index in [0.29, 0.717) is 4.87 Å². The number of amides is 1. The van der Waals surface area contributed by atoms with Crippen LogP contribution in [0.5, 0.6) is 0 Å². The quantitative estimate of drug-likeness (QED) is 0.601. The molecule has 3 nitrogen and oxygen atoms in total. The lowest BCUT2D eigenvalue weighted by molar-refractivity contribution is -0.130. The maximum Gasteiger partial charge on any atom is 0.219 e. The van der Waals surface area contributed by atoms with Gasteiger partial charge in [0.25, 0.3) is 0 Å². The average Bonchev–Trinajstić information content (AvgIpc) is 2.49. The molecule has 0 bridgehead atoms. The van der Waals surface area contributed by atoms with Crippen molar-refractivity contribution in [2.75, 3.05) is 32.4 Å². The van der Waals surface area contributed by atoms with Crippen LogP contribution in [0.2, 0.25) is 0 Å². The fraction of sp³-hybridized carbons (Fsp3) is 0.900. The van der Waals surface area contributed by atoms with Crippen molar-refractivity contribution in [2.45, 2.75) is 24.6 Å². The number of carbonyl (C=O) groups is 1. The third-order valence-corrected chi connectivity index (χ3v) is 5.13. The van der Waals surface area contributed by atoms with E-state index in [-0.39, 0.29) is 5.91 Å². The summed E-state index contributed by atoms with van der Waals surface area (Å²) < 4.78 is 0. The number of hydrogen-bond donors (Lipinski definition) is 0. The number of likely N-dealkylation sites (tertiary alicyclic amines) is 1. The van der Waals surface area contributed by atoms with Crippen molar-refractivity contribution in [3.8, 4) is 0 Å². The Morgan fingerprint density at radius 2 is 1.93 bits per heavy atom. The van der Waals surface area contributed by atoms with Crippen molar-refractivity contribution in [1.82, 2.24) is 9.80 Å². The van der Waals surface area contributed by atoms with Gasteiger partial charge in [0.05, 0.1) is 4.87 Å². The molecule has 2 aliphatic heterocycles. The van der Waals surface area contributed by atoms with E-state index in [1.54, 1.807) is 6.92 Å². The zero-order chi connectivity index (χ0) is 10.2. The fourth-order valence-electron chi connectivity index (χ4n) is 2.38. The molecule has 1 amide bonds. The van der Waals surface area contributed by atoms with Gasteiger partial charge in [-0.25, -0.2) is 0 Å². The Kier molecular flexibility index (Phi) is 2.75. The summed E-state index contributed by atoms with van der Waals surface area (Å²) in [5.74, 6) is 1.47. The molecule has 2 aliphatic rings. The molecule has 0 aliphatic carbocycles. The van der Waals surface area contributed by atoms with Gasteiger partial charge in [0.15, 0.2) is 0 Å². The molecule has 2 heterocycles. The van der Waals surface area contributed by atoms with Crippen molar-refractivity contribution in [1.29, 1.82) is 0 Å². The summed E-state index contributed by atoms with van der Waals surface area (Å²) in [7, 11) is 2.21. The molecule has 0 aromatic carbocycles. The van der Waals surface area contributed by atoms with E-state index in [2.05, 4.69) is 23.7 Å². The topological polar surface area (TPSA) is 23.6 Å². The molecule has 1 spiro atoms. The number of carbonyl (C=O) groups excluding carboxylic acids is 1. The monoisotopic (exact) mass is 214 g/mol. The second-order valence-electron chi connectivity index (χ2n) is 4.22. The standard InChI is InChI=1S/C10H18N2OS/c1-9(13)12-5-3-10(4-6-12)11(2)7-8-14-10/h3-8H2,1-2H3. The number of piperidine rings is 1. The summed E-state index contributed by atoms with van der Waals surface area (Å²) in [4.78, 5) is 16.0. The van der Waals surface area contributed by atoms with Crippen LogP contribution in [0.1, 0.15) is 19.8 Å². The Morgan fingerprint density at radius 1 is 1.29 bits per heavy atom. The molecular weight excluding hydrogens is 196 g/mol. The van der Waals surface area contributed by atoms with Crippen LogP contribution in [0.4, 0.5) is 0 Å². The minimum Gasteiger partial charge on any atom is -0.343 e. The van der Waals surface area contributed by atoms with Gasteiger partial charge in [-0.2, -0.15) is 0 Å². The summed E-state index contributed by atoms with van der Waals surface area (Å²) >= 11 is 2.08. The Labute approximate surface area is 89.8 Å². The molecular formula is C10H18N2OS. The van der Waals surface area contributed by atoms with Crippen molar-refractivity contribution in [2.24, 2.45) is 0 Å². The molecule has 2 saturated heterocycles. The van der Waals surface area contributed by atoms with Gasteiger partial charge in [0, 0.05) is 32.3 Å². The summed E-state index contributed by atoms with van der Waals surface area (Å²) in [5, 5.41) is 0. The lowest BCUT2D eigenvalue weighted by Gasteiger charge is -2.42. The molecule has 0 aromatic heterocycles. The Bertz CT molecular complexity index is 236. The molecule has 14 heavy (non-hydrogen) atoms. The van der Waals surface area contributed by atoms with Crippen LogP contribution >= 0.6 is 11.8 Å². The molecule has 0 atom stereocenters. The highest BCUT2D eigenvalue weighted by Gasteiger charge is 2.42. The maximum atomic E-state index is 11.2. The zero-order valence-electron chi connectivity index (χ0n) is 8.95. The van der Waals surface area contributed by atoms with Crippen LogP contribution in [-0.4, -0.2) is 53.0 Å².